The molecule has 2 aliphatic rings. The second kappa shape index (κ2) is 13.8. The molecule has 1 atom stereocenters. The van der Waals surface area contributed by atoms with Crippen LogP contribution >= 0.6 is 0 Å². The van der Waals surface area contributed by atoms with Crippen LogP contribution in [0.25, 0.3) is 11.1 Å². The molecule has 0 aromatic heterocycles. The SMILES string of the molecule is CC1C=C(C(C)(C)C)C=[C]1[Ti+2](=[C](c1ccccc1)c1ccccc1)[CH]1c2cc(C(C)(C)C)ccc2-c2ccc(C(C)(C)C)cc21.[Cl-].[Cl-]. The third-order valence-electron chi connectivity index (χ3n) is 9.84. The molecule has 244 valence electrons. The third-order valence-corrected chi connectivity index (χ3v) is 15.4. The predicted octanol–water partition coefficient (Wildman–Crippen LogP) is 5.75. The summed E-state index contributed by atoms with van der Waals surface area (Å²) in [6, 6.07) is 37.5. The molecule has 2 aliphatic carbocycles. The Labute approximate surface area is 303 Å². The van der Waals surface area contributed by atoms with E-state index >= 15 is 0 Å². The zero-order valence-electron chi connectivity index (χ0n) is 29.8. The Hall–Kier alpha value is -2.48. The number of halogens is 2. The van der Waals surface area contributed by atoms with Crippen LogP contribution in [0.3, 0.4) is 0 Å². The second-order valence-electron chi connectivity index (χ2n) is 16.3. The van der Waals surface area contributed by atoms with Crippen LogP contribution in [-0.2, 0) is 28.2 Å². The molecule has 0 nitrogen and oxygen atoms in total. The van der Waals surface area contributed by atoms with Gasteiger partial charge in [0, 0.05) is 0 Å². The van der Waals surface area contributed by atoms with E-state index < -0.39 is 17.4 Å². The molecule has 0 saturated heterocycles. The van der Waals surface area contributed by atoms with Gasteiger partial charge in [-0.1, -0.05) is 0 Å². The van der Waals surface area contributed by atoms with Gasteiger partial charge >= 0.3 is 280 Å². The Morgan fingerprint density at radius 2 is 0.979 bits per heavy atom. The molecule has 4 aromatic carbocycles. The Morgan fingerprint density at radius 1 is 0.553 bits per heavy atom. The van der Waals surface area contributed by atoms with E-state index in [1.807, 2.05) is 0 Å². The van der Waals surface area contributed by atoms with Crippen molar-refractivity contribution in [2.75, 3.05) is 0 Å². The van der Waals surface area contributed by atoms with Gasteiger partial charge in [0.25, 0.3) is 0 Å². The first kappa shape index (κ1) is 37.3. The van der Waals surface area contributed by atoms with E-state index in [-0.39, 0.29) is 41.1 Å². The van der Waals surface area contributed by atoms with Crippen LogP contribution in [-0.4, -0.2) is 3.81 Å². The van der Waals surface area contributed by atoms with Crippen LogP contribution < -0.4 is 24.8 Å². The zero-order valence-corrected chi connectivity index (χ0v) is 32.9. The minimum Gasteiger partial charge on any atom is -1.00 e. The van der Waals surface area contributed by atoms with Crippen LogP contribution in [0.4, 0.5) is 0 Å². The molecule has 0 bridgehead atoms. The summed E-state index contributed by atoms with van der Waals surface area (Å²) in [4.78, 5) is 0. The quantitative estimate of drug-likeness (QED) is 0.239. The fourth-order valence-electron chi connectivity index (χ4n) is 7.14. The molecule has 0 fully saturated rings. The van der Waals surface area contributed by atoms with Crippen LogP contribution in [0.5, 0.6) is 0 Å². The average molecular weight is 698 g/mol. The van der Waals surface area contributed by atoms with E-state index in [1.165, 1.54) is 39.0 Å². The minimum absolute atomic E-state index is 0. The molecule has 0 amide bonds. The van der Waals surface area contributed by atoms with Crippen LogP contribution in [0.15, 0.2) is 119 Å². The maximum absolute atomic E-state index is 2.64. The Balaban J connectivity index is 0.00000250. The number of allylic oxidation sites excluding steroid dienone is 4. The number of hydrogen-bond acceptors (Lipinski definition) is 0. The number of benzene rings is 4. The molecule has 0 spiro atoms. The normalized spacial score (nSPS) is 15.7. The van der Waals surface area contributed by atoms with Gasteiger partial charge in [0.2, 0.25) is 0 Å². The Morgan fingerprint density at radius 3 is 1.34 bits per heavy atom. The van der Waals surface area contributed by atoms with Crippen LogP contribution in [0.1, 0.15) is 107 Å². The predicted molar refractivity (Wildman–Crippen MR) is 192 cm³/mol. The molecule has 0 aliphatic heterocycles. The summed E-state index contributed by atoms with van der Waals surface area (Å²) >= 11 is -2.40. The monoisotopic (exact) mass is 696 g/mol. The first-order chi connectivity index (χ1) is 21.1. The smallest absolute Gasteiger partial charge is 1.00 e. The first-order valence-electron chi connectivity index (χ1n) is 16.7. The van der Waals surface area contributed by atoms with Crippen molar-refractivity contribution >= 4 is 3.81 Å². The summed E-state index contributed by atoms with van der Waals surface area (Å²) < 4.78 is 3.63. The molecule has 0 radical (unpaired) electrons. The van der Waals surface area contributed by atoms with Crippen molar-refractivity contribution in [2.24, 2.45) is 11.3 Å². The average Bonchev–Trinajstić information content (AvgIpc) is 3.53. The molecule has 0 heterocycles. The summed E-state index contributed by atoms with van der Waals surface area (Å²) in [6.45, 7) is 23.7. The first-order valence-corrected chi connectivity index (χ1v) is 19.2. The topological polar surface area (TPSA) is 0 Å². The molecule has 3 heteroatoms. The molecular formula is C44H50Cl2Ti. The summed E-state index contributed by atoms with van der Waals surface area (Å²) in [5.74, 6) is 0.417. The van der Waals surface area contributed by atoms with E-state index in [0.29, 0.717) is 10.1 Å². The maximum atomic E-state index is 2.64. The fourth-order valence-corrected chi connectivity index (χ4v) is 13.2. The largest absolute Gasteiger partial charge is 1.00 e. The van der Waals surface area contributed by atoms with Crippen molar-refractivity contribution < 1.29 is 42.2 Å². The summed E-state index contributed by atoms with van der Waals surface area (Å²) in [5, 5.41) is 0. The maximum Gasteiger partial charge on any atom is -1.00 e. The van der Waals surface area contributed by atoms with Gasteiger partial charge in [0.1, 0.15) is 0 Å². The van der Waals surface area contributed by atoms with Gasteiger partial charge in [-0.25, -0.2) is 0 Å². The van der Waals surface area contributed by atoms with Gasteiger partial charge in [-0.05, 0) is 0 Å². The number of rotatable bonds is 4. The fraction of sp³-hybridized carbons (Fsp3) is 0.341. The van der Waals surface area contributed by atoms with E-state index in [0.717, 1.165) is 0 Å². The van der Waals surface area contributed by atoms with Crippen molar-refractivity contribution in [3.63, 3.8) is 0 Å². The zero-order chi connectivity index (χ0) is 32.3. The molecule has 47 heavy (non-hydrogen) atoms. The van der Waals surface area contributed by atoms with E-state index in [1.54, 1.807) is 18.8 Å². The third kappa shape index (κ3) is 7.28. The Kier molecular flexibility index (Phi) is 11.0. The van der Waals surface area contributed by atoms with Gasteiger partial charge in [-0.15, -0.1) is 0 Å². The molecule has 4 aromatic rings. The molecule has 0 N–H and O–H groups in total. The Bertz CT molecular complexity index is 1730. The van der Waals surface area contributed by atoms with Gasteiger partial charge in [0.15, 0.2) is 0 Å². The molecule has 0 saturated carbocycles. The van der Waals surface area contributed by atoms with Gasteiger partial charge in [-0.3, -0.25) is 0 Å². The van der Waals surface area contributed by atoms with Crippen LogP contribution in [0.2, 0.25) is 0 Å². The van der Waals surface area contributed by atoms with Crippen molar-refractivity contribution in [1.82, 2.24) is 0 Å². The van der Waals surface area contributed by atoms with E-state index in [9.17, 15) is 0 Å². The summed E-state index contributed by atoms with van der Waals surface area (Å²) in [7, 11) is 0. The van der Waals surface area contributed by atoms with Crippen molar-refractivity contribution in [2.45, 2.75) is 84.3 Å². The standard InChI is InChI=1S/C21H25.C13H10.C10H15.2ClH.Ti/c1-20(2,3)16-7-9-18-14(12-16)11-15-13-17(21(4,5)6)8-10-19(15)18;1-3-7-12(8-4-1)11-13-9-5-2-6-10-13;1-8-5-6-9(7-8)10(2,3)4;;;/h7-13H,1-6H3;1-10H;6-8H,1-4H3;2*1H;/q;;;;;+2/p-2. The van der Waals surface area contributed by atoms with Crippen molar-refractivity contribution in [3.05, 3.63) is 152 Å². The van der Waals surface area contributed by atoms with Gasteiger partial charge in [-0.2, -0.15) is 0 Å². The van der Waals surface area contributed by atoms with Gasteiger partial charge < -0.3 is 24.8 Å². The second-order valence-corrected chi connectivity index (χ2v) is 20.2. The van der Waals surface area contributed by atoms with Gasteiger partial charge in [0.05, 0.1) is 0 Å². The molecule has 1 unspecified atom stereocenters. The van der Waals surface area contributed by atoms with Crippen molar-refractivity contribution in [3.8, 4) is 11.1 Å². The summed E-state index contributed by atoms with van der Waals surface area (Å²) in [6.07, 6.45) is 5.22. The molecular weight excluding hydrogens is 647 g/mol. The minimum atomic E-state index is -2.40. The number of hydrogen-bond donors (Lipinski definition) is 0. The van der Waals surface area contributed by atoms with Crippen molar-refractivity contribution in [1.29, 1.82) is 0 Å². The summed E-state index contributed by atoms with van der Waals surface area (Å²) in [5.41, 5.74) is 13.3. The van der Waals surface area contributed by atoms with Crippen LogP contribution in [0, 0.1) is 11.3 Å². The van der Waals surface area contributed by atoms with E-state index in [2.05, 4.69) is 178 Å². The number of fused-ring (bicyclic) bond motifs is 3. The molecule has 6 rings (SSSR count). The van der Waals surface area contributed by atoms with E-state index in [4.69, 9.17) is 0 Å².